The molecule has 2 aromatic rings. The van der Waals surface area contributed by atoms with Crippen molar-refractivity contribution in [2.75, 3.05) is 5.75 Å². The SMILES string of the molecule is CCS(=O)(=O)c1cc(Sc2ccc(CO)s2)cc(C(C)(C)C)c1. The molecule has 0 amide bonds. The molecule has 0 aliphatic rings. The third-order valence-corrected chi connectivity index (χ3v) is 7.38. The Bertz CT molecular complexity index is 784. The minimum atomic E-state index is -3.25. The van der Waals surface area contributed by atoms with Gasteiger partial charge in [-0.05, 0) is 41.3 Å². The summed E-state index contributed by atoms with van der Waals surface area (Å²) >= 11 is 3.06. The summed E-state index contributed by atoms with van der Waals surface area (Å²) in [6.45, 7) is 7.93. The van der Waals surface area contributed by atoms with Gasteiger partial charge in [0.25, 0.3) is 0 Å². The summed E-state index contributed by atoms with van der Waals surface area (Å²) in [4.78, 5) is 2.20. The molecule has 0 saturated heterocycles. The molecule has 0 bridgehead atoms. The summed E-state index contributed by atoms with van der Waals surface area (Å²) in [5.74, 6) is 0.0956. The zero-order chi connectivity index (χ0) is 17.3. The van der Waals surface area contributed by atoms with Crippen molar-refractivity contribution in [2.45, 2.75) is 53.7 Å². The Morgan fingerprint density at radius 3 is 2.39 bits per heavy atom. The normalized spacial score (nSPS) is 12.6. The predicted molar refractivity (Wildman–Crippen MR) is 97.2 cm³/mol. The highest BCUT2D eigenvalue weighted by Gasteiger charge is 2.20. The number of rotatable bonds is 5. The molecule has 0 radical (unpaired) electrons. The van der Waals surface area contributed by atoms with Crippen molar-refractivity contribution < 1.29 is 13.5 Å². The molecule has 126 valence electrons. The van der Waals surface area contributed by atoms with Gasteiger partial charge in [-0.3, -0.25) is 0 Å². The lowest BCUT2D eigenvalue weighted by Crippen LogP contribution is -2.13. The van der Waals surface area contributed by atoms with Crippen LogP contribution in [0.2, 0.25) is 0 Å². The van der Waals surface area contributed by atoms with Crippen LogP contribution in [0.3, 0.4) is 0 Å². The van der Waals surface area contributed by atoms with E-state index in [1.807, 2.05) is 12.1 Å². The Balaban J connectivity index is 2.48. The van der Waals surface area contributed by atoms with Crippen LogP contribution in [0.1, 0.15) is 38.1 Å². The Morgan fingerprint density at radius 2 is 1.87 bits per heavy atom. The van der Waals surface area contributed by atoms with Crippen LogP contribution in [0.25, 0.3) is 0 Å². The number of sulfone groups is 1. The van der Waals surface area contributed by atoms with E-state index in [0.29, 0.717) is 4.90 Å². The lowest BCUT2D eigenvalue weighted by atomic mass is 9.87. The second-order valence-electron chi connectivity index (χ2n) is 6.33. The van der Waals surface area contributed by atoms with Crippen LogP contribution in [-0.2, 0) is 21.9 Å². The fraction of sp³-hybridized carbons (Fsp3) is 0.412. The molecular formula is C17H22O3S3. The van der Waals surface area contributed by atoms with E-state index in [1.54, 1.807) is 19.1 Å². The number of aliphatic hydroxyl groups excluding tert-OH is 1. The van der Waals surface area contributed by atoms with Gasteiger partial charge in [0.2, 0.25) is 0 Å². The number of hydrogen-bond acceptors (Lipinski definition) is 5. The van der Waals surface area contributed by atoms with Crippen LogP contribution < -0.4 is 0 Å². The van der Waals surface area contributed by atoms with Gasteiger partial charge < -0.3 is 5.11 Å². The molecule has 2 rings (SSSR count). The number of hydrogen-bond donors (Lipinski definition) is 1. The van der Waals surface area contributed by atoms with E-state index in [9.17, 15) is 13.5 Å². The van der Waals surface area contributed by atoms with E-state index in [0.717, 1.165) is 19.5 Å². The van der Waals surface area contributed by atoms with Gasteiger partial charge in [0.15, 0.2) is 9.84 Å². The van der Waals surface area contributed by atoms with Gasteiger partial charge in [-0.2, -0.15) is 0 Å². The lowest BCUT2D eigenvalue weighted by Gasteiger charge is -2.21. The molecule has 0 spiro atoms. The summed E-state index contributed by atoms with van der Waals surface area (Å²) in [5.41, 5.74) is 0.883. The Labute approximate surface area is 146 Å². The first kappa shape index (κ1) is 18.5. The van der Waals surface area contributed by atoms with Crippen LogP contribution >= 0.6 is 23.1 Å². The van der Waals surface area contributed by atoms with Gasteiger partial charge in [-0.15, -0.1) is 11.3 Å². The lowest BCUT2D eigenvalue weighted by molar-refractivity contribution is 0.285. The average Bonchev–Trinajstić information content (AvgIpc) is 2.93. The van der Waals surface area contributed by atoms with Gasteiger partial charge in [0, 0.05) is 9.77 Å². The molecule has 6 heteroatoms. The summed E-state index contributed by atoms with van der Waals surface area (Å²) in [5, 5.41) is 9.17. The van der Waals surface area contributed by atoms with Crippen LogP contribution in [0.15, 0.2) is 44.3 Å². The molecular weight excluding hydrogens is 348 g/mol. The monoisotopic (exact) mass is 370 g/mol. The second kappa shape index (κ2) is 6.97. The van der Waals surface area contributed by atoms with Crippen molar-refractivity contribution in [3.8, 4) is 0 Å². The van der Waals surface area contributed by atoms with E-state index < -0.39 is 9.84 Å². The van der Waals surface area contributed by atoms with Crippen LogP contribution in [0.5, 0.6) is 0 Å². The molecule has 0 unspecified atom stereocenters. The van der Waals surface area contributed by atoms with Gasteiger partial charge in [-0.1, -0.05) is 39.5 Å². The number of benzene rings is 1. The Morgan fingerprint density at radius 1 is 1.17 bits per heavy atom. The fourth-order valence-electron chi connectivity index (χ4n) is 2.02. The fourth-order valence-corrected chi connectivity index (χ4v) is 5.16. The van der Waals surface area contributed by atoms with Crippen molar-refractivity contribution in [3.05, 3.63) is 40.8 Å². The molecule has 0 aliphatic heterocycles. The van der Waals surface area contributed by atoms with Crippen molar-refractivity contribution in [1.29, 1.82) is 0 Å². The van der Waals surface area contributed by atoms with Gasteiger partial charge in [0.1, 0.15) is 0 Å². The highest BCUT2D eigenvalue weighted by atomic mass is 32.2. The van der Waals surface area contributed by atoms with Crippen LogP contribution in [-0.4, -0.2) is 19.3 Å². The summed E-state index contributed by atoms with van der Waals surface area (Å²) in [6, 6.07) is 9.44. The highest BCUT2D eigenvalue weighted by Crippen LogP contribution is 2.37. The zero-order valence-corrected chi connectivity index (χ0v) is 16.2. The molecule has 0 saturated carbocycles. The standard InChI is InChI=1S/C17H22O3S3/c1-5-23(19,20)15-9-12(17(2,3)4)8-14(10-15)22-16-7-6-13(11-18)21-16/h6-10,18H,5,11H2,1-4H3. The molecule has 23 heavy (non-hydrogen) atoms. The topological polar surface area (TPSA) is 54.4 Å². The molecule has 0 atom stereocenters. The average molecular weight is 371 g/mol. The molecule has 3 nitrogen and oxygen atoms in total. The summed E-state index contributed by atoms with van der Waals surface area (Å²) < 4.78 is 25.6. The predicted octanol–water partition coefficient (Wildman–Crippen LogP) is 4.48. The van der Waals surface area contributed by atoms with Gasteiger partial charge in [-0.25, -0.2) is 8.42 Å². The molecule has 0 aliphatic carbocycles. The van der Waals surface area contributed by atoms with Crippen molar-refractivity contribution >= 4 is 32.9 Å². The maximum Gasteiger partial charge on any atom is 0.178 e. The first-order valence-corrected chi connectivity index (χ1v) is 10.7. The largest absolute Gasteiger partial charge is 0.391 e. The van der Waals surface area contributed by atoms with Gasteiger partial charge in [0.05, 0.1) is 21.5 Å². The van der Waals surface area contributed by atoms with Crippen molar-refractivity contribution in [3.63, 3.8) is 0 Å². The van der Waals surface area contributed by atoms with Crippen molar-refractivity contribution in [1.82, 2.24) is 0 Å². The second-order valence-corrected chi connectivity index (χ2v) is 11.1. The third kappa shape index (κ3) is 4.59. The first-order chi connectivity index (χ1) is 10.7. The number of thiophene rings is 1. The third-order valence-electron chi connectivity index (χ3n) is 3.50. The molecule has 0 fully saturated rings. The maximum atomic E-state index is 12.3. The Kier molecular flexibility index (Phi) is 5.61. The maximum absolute atomic E-state index is 12.3. The molecule has 1 heterocycles. The van der Waals surface area contributed by atoms with E-state index in [1.165, 1.54) is 23.1 Å². The summed E-state index contributed by atoms with van der Waals surface area (Å²) in [6.07, 6.45) is 0. The van der Waals surface area contributed by atoms with E-state index in [2.05, 4.69) is 26.8 Å². The first-order valence-electron chi connectivity index (χ1n) is 7.41. The molecule has 1 N–H and O–H groups in total. The quantitative estimate of drug-likeness (QED) is 0.843. The molecule has 1 aromatic heterocycles. The van der Waals surface area contributed by atoms with Crippen LogP contribution in [0, 0.1) is 0 Å². The minimum absolute atomic E-state index is 0.0305. The van der Waals surface area contributed by atoms with Crippen molar-refractivity contribution in [2.24, 2.45) is 0 Å². The van der Waals surface area contributed by atoms with Gasteiger partial charge >= 0.3 is 0 Å². The minimum Gasteiger partial charge on any atom is -0.391 e. The van der Waals surface area contributed by atoms with E-state index >= 15 is 0 Å². The highest BCUT2D eigenvalue weighted by molar-refractivity contribution is 8.01. The van der Waals surface area contributed by atoms with E-state index in [4.69, 9.17) is 0 Å². The zero-order valence-electron chi connectivity index (χ0n) is 13.8. The smallest absolute Gasteiger partial charge is 0.178 e. The Hall–Kier alpha value is -0.820. The molecule has 1 aromatic carbocycles. The van der Waals surface area contributed by atoms with Crippen LogP contribution in [0.4, 0.5) is 0 Å². The summed E-state index contributed by atoms with van der Waals surface area (Å²) in [7, 11) is -3.25. The number of aliphatic hydroxyl groups is 1. The van der Waals surface area contributed by atoms with E-state index in [-0.39, 0.29) is 17.8 Å².